The topological polar surface area (TPSA) is 29.5 Å². The van der Waals surface area contributed by atoms with E-state index in [2.05, 4.69) is 0 Å². The highest BCUT2D eigenvalue weighted by molar-refractivity contribution is 4.43. The number of rotatable bonds is 1. The molecule has 0 atom stereocenters. The molecule has 2 nitrogen and oxygen atoms in total. The van der Waals surface area contributed by atoms with E-state index in [1.165, 1.54) is 12.8 Å². The van der Waals surface area contributed by atoms with E-state index < -0.39 is 12.8 Å². The number of hydrogen-bond donors (Lipinski definition) is 1. The third kappa shape index (κ3) is 9.71. The van der Waals surface area contributed by atoms with Crippen LogP contribution in [0, 0.1) is 0 Å². The third-order valence-corrected chi connectivity index (χ3v) is 0.988. The minimum absolute atomic E-state index is 1.00. The summed E-state index contributed by atoms with van der Waals surface area (Å²) in [5, 5.41) is 7.12. The van der Waals surface area contributed by atoms with Crippen LogP contribution in [0.5, 0.6) is 0 Å². The summed E-state index contributed by atoms with van der Waals surface area (Å²) < 4.78 is 36.7. The van der Waals surface area contributed by atoms with E-state index in [9.17, 15) is 13.2 Å². The smallest absolute Gasteiger partial charge is 0.381 e. The fourth-order valence-corrected chi connectivity index (χ4v) is 0.510. The van der Waals surface area contributed by atoms with E-state index in [0.717, 1.165) is 13.2 Å². The first-order chi connectivity index (χ1) is 5.06. The monoisotopic (exact) mass is 172 g/mol. The molecule has 0 amide bonds. The van der Waals surface area contributed by atoms with Gasteiger partial charge in [-0.1, -0.05) is 0 Å². The Morgan fingerprint density at radius 1 is 1.27 bits per heavy atom. The molecule has 0 bridgehead atoms. The van der Waals surface area contributed by atoms with Crippen molar-refractivity contribution in [3.63, 3.8) is 0 Å². The van der Waals surface area contributed by atoms with Crippen LogP contribution >= 0.6 is 0 Å². The van der Waals surface area contributed by atoms with Crippen molar-refractivity contribution in [2.24, 2.45) is 0 Å². The molecule has 0 aromatic heterocycles. The molecule has 11 heavy (non-hydrogen) atoms. The zero-order valence-corrected chi connectivity index (χ0v) is 6.02. The molecule has 1 N–H and O–H groups in total. The van der Waals surface area contributed by atoms with Gasteiger partial charge in [0.05, 0.1) is 0 Å². The molecule has 1 fully saturated rings. The molecular formula is C6H11F3O2. The highest BCUT2D eigenvalue weighted by atomic mass is 19.3. The number of hydrogen-bond acceptors (Lipinski definition) is 2. The largest absolute Gasteiger partial charge is 0.381 e. The maximum atomic E-state index is 10.6. The molecule has 0 radical (unpaired) electrons. The molecule has 1 rings (SSSR count). The number of halogens is 3. The highest BCUT2D eigenvalue weighted by Gasteiger charge is 2.22. The maximum Gasteiger partial charge on any atom is 0.381 e. The highest BCUT2D eigenvalue weighted by Crippen LogP contribution is 2.06. The minimum Gasteiger partial charge on any atom is -0.381 e. The van der Waals surface area contributed by atoms with E-state index >= 15 is 0 Å². The van der Waals surface area contributed by atoms with Crippen molar-refractivity contribution >= 4 is 0 Å². The number of aliphatic hydroxyl groups is 1. The summed E-state index contributed by atoms with van der Waals surface area (Å²) >= 11 is 0. The first kappa shape index (κ1) is 10.7. The Kier molecular flexibility index (Phi) is 5.23. The molecule has 0 unspecified atom stereocenters. The predicted molar refractivity (Wildman–Crippen MR) is 33.2 cm³/mol. The summed E-state index contributed by atoms with van der Waals surface area (Å²) in [7, 11) is 0. The first-order valence-electron chi connectivity index (χ1n) is 3.30. The fourth-order valence-electron chi connectivity index (χ4n) is 0.510. The van der Waals surface area contributed by atoms with Gasteiger partial charge in [-0.3, -0.25) is 0 Å². The summed E-state index contributed by atoms with van der Waals surface area (Å²) in [6.45, 7) is -0.00694. The minimum atomic E-state index is -4.12. The van der Waals surface area contributed by atoms with Crippen LogP contribution in [0.2, 0.25) is 0 Å². The van der Waals surface area contributed by atoms with Crippen LogP contribution in [0.4, 0.5) is 13.2 Å². The molecule has 0 aliphatic carbocycles. The maximum absolute atomic E-state index is 10.6. The molecule has 0 saturated carbocycles. The molecule has 0 aromatic carbocycles. The van der Waals surface area contributed by atoms with E-state index in [4.69, 9.17) is 9.84 Å². The van der Waals surface area contributed by atoms with Crippen LogP contribution in [0.15, 0.2) is 0 Å². The van der Waals surface area contributed by atoms with Gasteiger partial charge in [0.25, 0.3) is 0 Å². The van der Waals surface area contributed by atoms with Gasteiger partial charge in [0.2, 0.25) is 0 Å². The molecule has 0 spiro atoms. The van der Waals surface area contributed by atoms with Gasteiger partial charge >= 0.3 is 6.11 Å². The predicted octanol–water partition coefficient (Wildman–Crippen LogP) is 1.34. The summed E-state index contributed by atoms with van der Waals surface area (Å²) in [4.78, 5) is 0. The second kappa shape index (κ2) is 5.37. The molecule has 1 heterocycles. The quantitative estimate of drug-likeness (QED) is 0.646. The average Bonchev–Trinajstić information content (AvgIpc) is 2.41. The van der Waals surface area contributed by atoms with Crippen LogP contribution in [0.25, 0.3) is 0 Å². The second-order valence-electron chi connectivity index (χ2n) is 2.12. The molecule has 5 heteroatoms. The Balaban J connectivity index is 0.000000183. The van der Waals surface area contributed by atoms with Crippen molar-refractivity contribution in [3.8, 4) is 0 Å². The molecule has 1 saturated heterocycles. The third-order valence-electron chi connectivity index (χ3n) is 0.988. The van der Waals surface area contributed by atoms with Gasteiger partial charge in [0.15, 0.2) is 6.67 Å². The van der Waals surface area contributed by atoms with E-state index in [1.807, 2.05) is 0 Å². The van der Waals surface area contributed by atoms with Crippen molar-refractivity contribution in [2.45, 2.75) is 19.0 Å². The summed E-state index contributed by atoms with van der Waals surface area (Å²) in [6, 6.07) is 0. The average molecular weight is 172 g/mol. The zero-order chi connectivity index (χ0) is 8.74. The second-order valence-corrected chi connectivity index (χ2v) is 2.12. The van der Waals surface area contributed by atoms with E-state index in [1.54, 1.807) is 0 Å². The van der Waals surface area contributed by atoms with Gasteiger partial charge in [0.1, 0.15) is 0 Å². The summed E-state index contributed by atoms with van der Waals surface area (Å²) in [5.41, 5.74) is 0. The van der Waals surface area contributed by atoms with Gasteiger partial charge < -0.3 is 9.84 Å². The Labute approximate surface area is 63.0 Å². The molecule has 0 aromatic rings. The van der Waals surface area contributed by atoms with Crippen LogP contribution < -0.4 is 0 Å². The van der Waals surface area contributed by atoms with Crippen LogP contribution in [0.1, 0.15) is 12.8 Å². The van der Waals surface area contributed by atoms with Gasteiger partial charge in [-0.25, -0.2) is 4.39 Å². The summed E-state index contributed by atoms with van der Waals surface area (Å²) in [5.74, 6) is 0. The molecule has 68 valence electrons. The van der Waals surface area contributed by atoms with E-state index in [0.29, 0.717) is 0 Å². The lowest BCUT2D eigenvalue weighted by molar-refractivity contribution is -0.208. The Bertz CT molecular complexity index is 80.7. The zero-order valence-electron chi connectivity index (χ0n) is 6.02. The van der Waals surface area contributed by atoms with Crippen molar-refractivity contribution in [1.82, 2.24) is 0 Å². The Morgan fingerprint density at radius 2 is 1.64 bits per heavy atom. The Morgan fingerprint density at radius 3 is 1.73 bits per heavy atom. The van der Waals surface area contributed by atoms with Crippen molar-refractivity contribution in [2.75, 3.05) is 19.9 Å². The van der Waals surface area contributed by atoms with E-state index in [-0.39, 0.29) is 0 Å². The lowest BCUT2D eigenvalue weighted by Crippen LogP contribution is -2.15. The first-order valence-corrected chi connectivity index (χ1v) is 3.30. The van der Waals surface area contributed by atoms with Crippen LogP contribution in [-0.4, -0.2) is 31.1 Å². The lowest BCUT2D eigenvalue weighted by Gasteiger charge is -1.97. The van der Waals surface area contributed by atoms with Crippen LogP contribution in [-0.2, 0) is 4.74 Å². The molecule has 1 aliphatic heterocycles. The van der Waals surface area contributed by atoms with Crippen LogP contribution in [0.3, 0.4) is 0 Å². The van der Waals surface area contributed by atoms with Crippen molar-refractivity contribution in [1.29, 1.82) is 0 Å². The van der Waals surface area contributed by atoms with Gasteiger partial charge in [-0.2, -0.15) is 8.78 Å². The van der Waals surface area contributed by atoms with Crippen molar-refractivity contribution < 1.29 is 23.0 Å². The normalized spacial score (nSPS) is 17.5. The van der Waals surface area contributed by atoms with Gasteiger partial charge in [-0.05, 0) is 12.8 Å². The molecule has 1 aliphatic rings. The standard InChI is InChI=1S/C4H8O.C2H3F3O/c1-2-4-5-3-1;3-1-2(4,5)6/h1-4H2;6H,1H2. The van der Waals surface area contributed by atoms with Gasteiger partial charge in [-0.15, -0.1) is 0 Å². The van der Waals surface area contributed by atoms with Gasteiger partial charge in [0, 0.05) is 13.2 Å². The number of ether oxygens (including phenoxy) is 1. The van der Waals surface area contributed by atoms with Crippen molar-refractivity contribution in [3.05, 3.63) is 0 Å². The number of alkyl halides is 3. The Hall–Kier alpha value is -0.290. The molecular weight excluding hydrogens is 161 g/mol. The SMILES string of the molecule is C1CCOC1.OC(F)(F)CF. The summed E-state index contributed by atoms with van der Waals surface area (Å²) in [6.07, 6.45) is -1.57. The lowest BCUT2D eigenvalue weighted by atomic mass is 10.4. The fraction of sp³-hybridized carbons (Fsp3) is 1.00.